The molecule has 0 radical (unpaired) electrons. The zero-order valence-corrected chi connectivity index (χ0v) is 17.2. The first-order valence-electron chi connectivity index (χ1n) is 9.69. The van der Waals surface area contributed by atoms with Gasteiger partial charge in [-0.2, -0.15) is 0 Å². The number of aromatic amines is 1. The van der Waals surface area contributed by atoms with Crippen LogP contribution in [0, 0.1) is 0 Å². The summed E-state index contributed by atoms with van der Waals surface area (Å²) in [6.07, 6.45) is 0. The van der Waals surface area contributed by atoms with Gasteiger partial charge in [-0.3, -0.25) is 9.59 Å². The summed E-state index contributed by atoms with van der Waals surface area (Å²) in [5.74, 6) is 0.741. The van der Waals surface area contributed by atoms with Gasteiger partial charge >= 0.3 is 0 Å². The quantitative estimate of drug-likeness (QED) is 0.407. The molecule has 1 aromatic heterocycles. The van der Waals surface area contributed by atoms with E-state index in [9.17, 15) is 9.59 Å². The maximum absolute atomic E-state index is 13.0. The van der Waals surface area contributed by atoms with Gasteiger partial charge in [0, 0.05) is 17.0 Å². The number of nitrogens with zero attached hydrogens (tertiary/aromatic N) is 1. The van der Waals surface area contributed by atoms with E-state index < -0.39 is 0 Å². The molecule has 5 rings (SSSR count). The van der Waals surface area contributed by atoms with Crippen molar-refractivity contribution in [1.29, 1.82) is 0 Å². The standard InChI is InChI=1S/C23H18N4O3S/c28-21-12-30-20-10-9-15(11-19(20)25-21)24-22(29)16-6-2-1-5-14(16)13-31-23-26-17-7-3-4-8-18(17)27-23/h1-11H,12-13H2,(H,24,29)(H,25,28)(H,26,27). The Labute approximate surface area is 182 Å². The predicted octanol–water partition coefficient (Wildman–Crippen LogP) is 4.44. The number of carbonyl (C=O) groups is 2. The monoisotopic (exact) mass is 430 g/mol. The predicted molar refractivity (Wildman–Crippen MR) is 121 cm³/mol. The molecule has 0 spiro atoms. The molecule has 4 aromatic rings. The third-order valence-electron chi connectivity index (χ3n) is 4.86. The largest absolute Gasteiger partial charge is 0.482 e. The maximum atomic E-state index is 13.0. The molecule has 1 aliphatic heterocycles. The summed E-state index contributed by atoms with van der Waals surface area (Å²) < 4.78 is 5.36. The number of thioether (sulfide) groups is 1. The third kappa shape index (κ3) is 4.10. The topological polar surface area (TPSA) is 96.1 Å². The summed E-state index contributed by atoms with van der Waals surface area (Å²) >= 11 is 1.55. The molecule has 31 heavy (non-hydrogen) atoms. The van der Waals surface area contributed by atoms with E-state index in [-0.39, 0.29) is 18.4 Å². The van der Waals surface area contributed by atoms with Gasteiger partial charge in [0.15, 0.2) is 11.8 Å². The molecule has 3 aromatic carbocycles. The van der Waals surface area contributed by atoms with Gasteiger partial charge in [-0.1, -0.05) is 42.1 Å². The highest BCUT2D eigenvalue weighted by molar-refractivity contribution is 7.98. The van der Waals surface area contributed by atoms with Crippen molar-refractivity contribution in [2.45, 2.75) is 10.9 Å². The van der Waals surface area contributed by atoms with Crippen LogP contribution in [-0.4, -0.2) is 28.4 Å². The van der Waals surface area contributed by atoms with Crippen LogP contribution in [0.2, 0.25) is 0 Å². The van der Waals surface area contributed by atoms with E-state index in [1.54, 1.807) is 36.0 Å². The molecule has 0 bridgehead atoms. The van der Waals surface area contributed by atoms with Gasteiger partial charge in [0.25, 0.3) is 11.8 Å². The van der Waals surface area contributed by atoms with Gasteiger partial charge in [-0.15, -0.1) is 0 Å². The molecule has 2 amide bonds. The molecule has 0 aliphatic carbocycles. The first-order valence-corrected chi connectivity index (χ1v) is 10.7. The molecule has 1 aliphatic rings. The first kappa shape index (κ1) is 19.2. The van der Waals surface area contributed by atoms with Crippen molar-refractivity contribution >= 4 is 46.0 Å². The second kappa shape index (κ2) is 8.16. The molecule has 3 N–H and O–H groups in total. The van der Waals surface area contributed by atoms with Crippen molar-refractivity contribution in [3.8, 4) is 5.75 Å². The number of para-hydroxylation sites is 2. The van der Waals surface area contributed by atoms with Gasteiger partial charge in [-0.05, 0) is 42.0 Å². The fourth-order valence-corrected chi connectivity index (χ4v) is 4.26. The van der Waals surface area contributed by atoms with Gasteiger partial charge in [0.05, 0.1) is 16.7 Å². The van der Waals surface area contributed by atoms with E-state index in [1.807, 2.05) is 42.5 Å². The molecule has 0 saturated heterocycles. The number of amides is 2. The molecule has 0 saturated carbocycles. The third-order valence-corrected chi connectivity index (χ3v) is 5.79. The van der Waals surface area contributed by atoms with Crippen LogP contribution in [0.15, 0.2) is 71.9 Å². The summed E-state index contributed by atoms with van der Waals surface area (Å²) in [6.45, 7) is -0.00498. The van der Waals surface area contributed by atoms with Crippen LogP contribution in [0.3, 0.4) is 0 Å². The second-order valence-electron chi connectivity index (χ2n) is 7.01. The van der Waals surface area contributed by atoms with E-state index in [0.29, 0.717) is 28.4 Å². The van der Waals surface area contributed by atoms with Crippen molar-refractivity contribution in [1.82, 2.24) is 9.97 Å². The van der Waals surface area contributed by atoms with Gasteiger partial charge in [-0.25, -0.2) is 4.98 Å². The minimum absolute atomic E-state index is 0.00498. The normalized spacial score (nSPS) is 12.7. The molecular formula is C23H18N4O3S. The smallest absolute Gasteiger partial charge is 0.262 e. The molecule has 0 unspecified atom stereocenters. The van der Waals surface area contributed by atoms with E-state index in [2.05, 4.69) is 20.6 Å². The highest BCUT2D eigenvalue weighted by Gasteiger charge is 2.17. The Kier molecular flexibility index (Phi) is 5.05. The van der Waals surface area contributed by atoms with E-state index >= 15 is 0 Å². The molecule has 0 fully saturated rings. The average Bonchev–Trinajstić information content (AvgIpc) is 3.20. The Balaban J connectivity index is 1.32. The number of hydrogen-bond donors (Lipinski definition) is 3. The lowest BCUT2D eigenvalue weighted by atomic mass is 10.1. The number of fused-ring (bicyclic) bond motifs is 2. The number of benzene rings is 3. The van der Waals surface area contributed by atoms with Crippen LogP contribution < -0.4 is 15.4 Å². The molecule has 0 atom stereocenters. The average molecular weight is 430 g/mol. The molecule has 8 heteroatoms. The molecule has 154 valence electrons. The number of ether oxygens (including phenoxy) is 1. The summed E-state index contributed by atoms with van der Waals surface area (Å²) in [5, 5.41) is 6.46. The minimum Gasteiger partial charge on any atom is -0.482 e. The summed E-state index contributed by atoms with van der Waals surface area (Å²) in [5.41, 5.74) is 4.51. The zero-order chi connectivity index (χ0) is 21.2. The number of imidazole rings is 1. The van der Waals surface area contributed by atoms with Crippen LogP contribution in [0.1, 0.15) is 15.9 Å². The number of rotatable bonds is 5. The lowest BCUT2D eigenvalue weighted by Gasteiger charge is -2.18. The van der Waals surface area contributed by atoms with Crippen molar-refractivity contribution < 1.29 is 14.3 Å². The SMILES string of the molecule is O=C1COc2ccc(NC(=O)c3ccccc3CSc3nc4ccccc4[nH]3)cc2N1. The zero-order valence-electron chi connectivity index (χ0n) is 16.3. The number of carbonyl (C=O) groups excluding carboxylic acids is 2. The number of nitrogens with one attached hydrogen (secondary N) is 3. The Morgan fingerprint density at radius 1 is 1.10 bits per heavy atom. The fourth-order valence-electron chi connectivity index (χ4n) is 3.37. The number of H-pyrrole nitrogens is 1. The van der Waals surface area contributed by atoms with Crippen molar-refractivity contribution in [2.24, 2.45) is 0 Å². The van der Waals surface area contributed by atoms with Gasteiger partial charge in [0.1, 0.15) is 5.75 Å². The fraction of sp³-hybridized carbons (Fsp3) is 0.0870. The Morgan fingerprint density at radius 3 is 2.84 bits per heavy atom. The van der Waals surface area contributed by atoms with Crippen molar-refractivity contribution in [3.63, 3.8) is 0 Å². The summed E-state index contributed by atoms with van der Waals surface area (Å²) in [6, 6.07) is 20.5. The van der Waals surface area contributed by atoms with Crippen molar-refractivity contribution in [2.75, 3.05) is 17.2 Å². The first-order chi connectivity index (χ1) is 15.2. The second-order valence-corrected chi connectivity index (χ2v) is 7.97. The highest BCUT2D eigenvalue weighted by Crippen LogP contribution is 2.31. The van der Waals surface area contributed by atoms with E-state index in [1.165, 1.54) is 0 Å². The summed E-state index contributed by atoms with van der Waals surface area (Å²) in [4.78, 5) is 32.4. The lowest BCUT2D eigenvalue weighted by Crippen LogP contribution is -2.25. The van der Waals surface area contributed by atoms with Gasteiger partial charge < -0.3 is 20.4 Å². The Morgan fingerprint density at radius 2 is 1.94 bits per heavy atom. The molecular weight excluding hydrogens is 412 g/mol. The molecule has 2 heterocycles. The van der Waals surface area contributed by atoms with Gasteiger partial charge in [0.2, 0.25) is 0 Å². The van der Waals surface area contributed by atoms with E-state index in [0.717, 1.165) is 21.8 Å². The van der Waals surface area contributed by atoms with Crippen LogP contribution in [0.4, 0.5) is 11.4 Å². The van der Waals surface area contributed by atoms with Crippen LogP contribution in [0.5, 0.6) is 5.75 Å². The number of anilines is 2. The van der Waals surface area contributed by atoms with Crippen molar-refractivity contribution in [3.05, 3.63) is 77.9 Å². The number of hydrogen-bond acceptors (Lipinski definition) is 5. The highest BCUT2D eigenvalue weighted by atomic mass is 32.2. The summed E-state index contributed by atoms with van der Waals surface area (Å²) in [7, 11) is 0. The maximum Gasteiger partial charge on any atom is 0.262 e. The van der Waals surface area contributed by atoms with E-state index in [4.69, 9.17) is 4.74 Å². The van der Waals surface area contributed by atoms with Crippen LogP contribution in [0.25, 0.3) is 11.0 Å². The van der Waals surface area contributed by atoms with Crippen LogP contribution >= 0.6 is 11.8 Å². The Bertz CT molecular complexity index is 1270. The van der Waals surface area contributed by atoms with Crippen LogP contribution in [-0.2, 0) is 10.5 Å². The number of aromatic nitrogens is 2. The lowest BCUT2D eigenvalue weighted by molar-refractivity contribution is -0.118. The Hall–Kier alpha value is -3.78. The molecule has 7 nitrogen and oxygen atoms in total. The minimum atomic E-state index is -0.219.